The van der Waals surface area contributed by atoms with Crippen molar-refractivity contribution in [2.75, 3.05) is 6.54 Å². The van der Waals surface area contributed by atoms with Crippen LogP contribution < -0.4 is 16.1 Å². The van der Waals surface area contributed by atoms with Crippen molar-refractivity contribution in [3.63, 3.8) is 0 Å². The van der Waals surface area contributed by atoms with Crippen molar-refractivity contribution in [2.24, 2.45) is 17.8 Å². The number of nitrogens with one attached hydrogen (secondary N) is 3. The smallest absolute Gasteiger partial charge is 0.331 e. The maximum Gasteiger partial charge on any atom is 0.331 e. The van der Waals surface area contributed by atoms with E-state index in [0.29, 0.717) is 18.4 Å². The summed E-state index contributed by atoms with van der Waals surface area (Å²) in [4.78, 5) is 80.3. The zero-order valence-electron chi connectivity index (χ0n) is 35.3. The van der Waals surface area contributed by atoms with E-state index in [4.69, 9.17) is 9.47 Å². The molecule has 0 aliphatic carbocycles. The summed E-state index contributed by atoms with van der Waals surface area (Å²) >= 11 is 0. The van der Waals surface area contributed by atoms with Gasteiger partial charge >= 0.3 is 11.9 Å². The molecule has 1 aromatic rings. The molecule has 8 atom stereocenters. The lowest BCUT2D eigenvalue weighted by atomic mass is 9.84. The molecule has 3 rings (SSSR count). The highest BCUT2D eigenvalue weighted by molar-refractivity contribution is 5.93. The molecule has 6 N–H and O–H groups in total. The highest BCUT2D eigenvalue weighted by atomic mass is 16.6. The number of aliphatic hydroxyl groups excluding tert-OH is 2. The lowest BCUT2D eigenvalue weighted by molar-refractivity contribution is -0.156. The Kier molecular flexibility index (Phi) is 18.2. The zero-order chi connectivity index (χ0) is 44.0. The molecular weight excluding hydrogens is 761 g/mol. The minimum absolute atomic E-state index is 0.0383. The third-order valence-corrected chi connectivity index (χ3v) is 10.0. The second-order valence-corrected chi connectivity index (χ2v) is 16.5. The number of aromatic hydroxyl groups is 1. The number of esters is 2. The molecule has 2 aliphatic heterocycles. The number of carbonyl (C=O) groups excluding carboxylic acids is 6. The summed E-state index contributed by atoms with van der Waals surface area (Å²) in [7, 11) is 0. The Morgan fingerprint density at radius 2 is 1.76 bits per heavy atom. The number of carbonyl (C=O) groups is 6. The molecular formula is C44H62N4O11. The van der Waals surface area contributed by atoms with E-state index < -0.39 is 89.5 Å². The van der Waals surface area contributed by atoms with Crippen LogP contribution in [0.25, 0.3) is 0 Å². The first-order valence-corrected chi connectivity index (χ1v) is 20.1. The van der Waals surface area contributed by atoms with Crippen molar-refractivity contribution in [3.05, 3.63) is 77.9 Å². The second kappa shape index (κ2) is 22.3. The number of rotatable bonds is 8. The first kappa shape index (κ1) is 48.3. The van der Waals surface area contributed by atoms with Gasteiger partial charge in [-0.1, -0.05) is 69.4 Å². The number of hydrogen-bond donors (Lipinski definition) is 6. The highest BCUT2D eigenvalue weighted by Crippen LogP contribution is 2.26. The molecule has 324 valence electrons. The van der Waals surface area contributed by atoms with E-state index in [9.17, 15) is 44.1 Å². The average Bonchev–Trinajstić information content (AvgIpc) is 3.16. The van der Waals surface area contributed by atoms with Crippen LogP contribution in [0.5, 0.6) is 5.75 Å². The maximum absolute atomic E-state index is 14.3. The van der Waals surface area contributed by atoms with Crippen molar-refractivity contribution < 1.29 is 53.6 Å². The number of allylic oxidation sites excluding steroid dienone is 4. The summed E-state index contributed by atoms with van der Waals surface area (Å²) in [5.74, 6) is -6.28. The minimum atomic E-state index is -1.43. The molecule has 3 amide bonds. The number of phenols is 1. The number of amides is 3. The summed E-state index contributed by atoms with van der Waals surface area (Å²) in [6, 6.07) is 2.24. The molecule has 0 saturated carbocycles. The van der Waals surface area contributed by atoms with Gasteiger partial charge < -0.3 is 40.2 Å². The van der Waals surface area contributed by atoms with Crippen LogP contribution in [0.3, 0.4) is 0 Å². The van der Waals surface area contributed by atoms with Crippen LogP contribution in [0.4, 0.5) is 0 Å². The molecule has 2 heterocycles. The van der Waals surface area contributed by atoms with Gasteiger partial charge in [-0.25, -0.2) is 10.2 Å². The predicted molar refractivity (Wildman–Crippen MR) is 220 cm³/mol. The number of cyclic esters (lactones) is 1. The molecule has 1 aromatic carbocycles. The number of Topliss-reactive ketones (excluding diaryl/α,β-unsaturated/α-hetero) is 1. The van der Waals surface area contributed by atoms with E-state index in [0.717, 1.165) is 0 Å². The molecule has 2 unspecified atom stereocenters. The van der Waals surface area contributed by atoms with Crippen molar-refractivity contribution >= 4 is 35.4 Å². The lowest BCUT2D eigenvalue weighted by Gasteiger charge is -2.36. The van der Waals surface area contributed by atoms with Crippen molar-refractivity contribution in [1.82, 2.24) is 21.1 Å². The third-order valence-electron chi connectivity index (χ3n) is 10.0. The average molecular weight is 823 g/mol. The molecule has 0 spiro atoms. The zero-order valence-corrected chi connectivity index (χ0v) is 35.3. The fourth-order valence-corrected chi connectivity index (χ4v) is 6.58. The Labute approximate surface area is 346 Å². The van der Waals surface area contributed by atoms with Gasteiger partial charge in [-0.15, -0.1) is 0 Å². The fraction of sp³-hybridized carbons (Fsp3) is 0.545. The van der Waals surface area contributed by atoms with Gasteiger partial charge in [0.1, 0.15) is 41.4 Å². The van der Waals surface area contributed by atoms with Crippen LogP contribution in [0, 0.1) is 17.8 Å². The normalized spacial score (nSPS) is 28.5. The quantitative estimate of drug-likeness (QED) is 0.125. The number of benzene rings is 1. The number of ketones is 1. The standard InChI is InChI=1S/C44H62N4O11/c1-26(2)37-41(55)46-38(30-16-13-17-31(50)25-30)42(56)48-24-14-18-33(47-48)43(57)58-35(27(3)15-12-21-36(52)59-44(6,7)8)20-11-9-10-19-34(51)29(5)39(53)32(40(54)45-37)23-22-28(4)49/h9-13,15-17,19,21,25-26,29,32-35,37-39,47,50-51,53H,14,18,20,22-24H2,1-8H3,(H,45,54)(H,46,55)/b11-9+,19-10+,21-12+,27-15+/t29-,32+,33?,34-,35-,37-,38?,39+/m0/s1. The molecule has 2 aliphatic rings. The topological polar surface area (TPSA) is 221 Å². The maximum atomic E-state index is 14.3. The SMILES string of the molecule is CC(=O)CC[C@H]1C(=O)N[C@@H](C(C)C)C(=O)NC(c2cccc(O)c2)C(=O)N2CCCC(N2)C(=O)O[C@H](/C(C)=C/C=C/C(=O)OC(C)(C)C)C/C=C/C=C/[C@H](O)[C@H](C)[C@H]1O. The number of ether oxygens (including phenoxy) is 2. The summed E-state index contributed by atoms with van der Waals surface area (Å²) in [5, 5.41) is 39.5. The summed E-state index contributed by atoms with van der Waals surface area (Å²) in [6.07, 6.45) is 8.04. The molecule has 15 nitrogen and oxygen atoms in total. The van der Waals surface area contributed by atoms with Gasteiger partial charge in [-0.2, -0.15) is 0 Å². The fourth-order valence-electron chi connectivity index (χ4n) is 6.58. The Balaban J connectivity index is 2.08. The predicted octanol–water partition coefficient (Wildman–Crippen LogP) is 3.80. The molecule has 1 saturated heterocycles. The first-order valence-electron chi connectivity index (χ1n) is 20.1. The van der Waals surface area contributed by atoms with Gasteiger partial charge in [-0.3, -0.25) is 24.2 Å². The van der Waals surface area contributed by atoms with Crippen LogP contribution in [-0.2, 0) is 38.2 Å². The van der Waals surface area contributed by atoms with Gasteiger partial charge in [0, 0.05) is 31.4 Å². The number of nitrogens with zero attached hydrogens (tertiary/aromatic N) is 1. The summed E-state index contributed by atoms with van der Waals surface area (Å²) in [6.45, 7) is 13.5. The van der Waals surface area contributed by atoms with E-state index in [1.165, 1.54) is 48.4 Å². The van der Waals surface area contributed by atoms with Crippen molar-refractivity contribution in [1.29, 1.82) is 0 Å². The largest absolute Gasteiger partial charge is 0.508 e. The van der Waals surface area contributed by atoms with Gasteiger partial charge in [0.25, 0.3) is 5.91 Å². The van der Waals surface area contributed by atoms with Gasteiger partial charge in [0.2, 0.25) is 11.8 Å². The monoisotopic (exact) mass is 822 g/mol. The molecule has 15 heteroatoms. The van der Waals surface area contributed by atoms with Crippen molar-refractivity contribution in [3.8, 4) is 5.75 Å². The van der Waals surface area contributed by atoms with Crippen LogP contribution in [0.1, 0.15) is 99.1 Å². The van der Waals surface area contributed by atoms with Crippen molar-refractivity contribution in [2.45, 2.75) is 130 Å². The number of phenolic OH excluding ortho intramolecular Hbond substituents is 1. The second-order valence-electron chi connectivity index (χ2n) is 16.5. The highest BCUT2D eigenvalue weighted by Gasteiger charge is 2.39. The molecule has 59 heavy (non-hydrogen) atoms. The Morgan fingerprint density at radius 3 is 2.41 bits per heavy atom. The first-order chi connectivity index (χ1) is 27.7. The van der Waals surface area contributed by atoms with Crippen LogP contribution in [-0.4, -0.2) is 98.3 Å². The number of aliphatic hydroxyl groups is 2. The van der Waals surface area contributed by atoms with E-state index in [-0.39, 0.29) is 42.9 Å². The number of hydrazine groups is 1. The molecule has 0 aromatic heterocycles. The third kappa shape index (κ3) is 15.2. The van der Waals surface area contributed by atoms with E-state index in [1.807, 2.05) is 0 Å². The van der Waals surface area contributed by atoms with Crippen LogP contribution in [0.15, 0.2) is 72.4 Å². The summed E-state index contributed by atoms with van der Waals surface area (Å²) in [5.41, 5.74) is 3.09. The van der Waals surface area contributed by atoms with E-state index >= 15 is 0 Å². The van der Waals surface area contributed by atoms with E-state index in [1.54, 1.807) is 78.8 Å². The Bertz CT molecular complexity index is 1780. The summed E-state index contributed by atoms with van der Waals surface area (Å²) < 4.78 is 11.3. The minimum Gasteiger partial charge on any atom is -0.508 e. The van der Waals surface area contributed by atoms with Gasteiger partial charge in [0.05, 0.1) is 18.1 Å². The number of hydrogen-bond acceptors (Lipinski definition) is 12. The molecule has 2 bridgehead atoms. The van der Waals surface area contributed by atoms with E-state index in [2.05, 4.69) is 16.1 Å². The number of fused-ring (bicyclic) bond motifs is 2. The lowest BCUT2D eigenvalue weighted by Crippen LogP contribution is -2.59. The van der Waals surface area contributed by atoms with Crippen LogP contribution in [0.2, 0.25) is 0 Å². The Hall–Kier alpha value is -5.12. The van der Waals surface area contributed by atoms with Crippen LogP contribution >= 0.6 is 0 Å². The van der Waals surface area contributed by atoms with Gasteiger partial charge in [0.15, 0.2) is 0 Å². The Morgan fingerprint density at radius 1 is 1.05 bits per heavy atom. The molecule has 0 radical (unpaired) electrons. The van der Waals surface area contributed by atoms with Gasteiger partial charge in [-0.05, 0) is 83.1 Å². The molecule has 1 fully saturated rings.